The van der Waals surface area contributed by atoms with Gasteiger partial charge in [0.05, 0.1) is 30.1 Å². The van der Waals surface area contributed by atoms with Gasteiger partial charge < -0.3 is 14.6 Å². The maximum Gasteiger partial charge on any atom is 0.138 e. The third kappa shape index (κ3) is 4.04. The maximum atomic E-state index is 5.79. The number of ether oxygens (including phenoxy) is 1. The van der Waals surface area contributed by atoms with Gasteiger partial charge in [-0.25, -0.2) is 4.98 Å². The van der Waals surface area contributed by atoms with E-state index in [4.69, 9.17) is 4.74 Å². The van der Waals surface area contributed by atoms with Crippen LogP contribution in [-0.4, -0.2) is 20.6 Å². The van der Waals surface area contributed by atoms with E-state index < -0.39 is 0 Å². The Morgan fingerprint density at radius 2 is 2.24 bits per heavy atom. The first-order chi connectivity index (χ1) is 10.3. The van der Waals surface area contributed by atoms with Gasteiger partial charge in [-0.05, 0) is 31.4 Å². The number of aryl methyl sites for hydroxylation is 1. The fourth-order valence-electron chi connectivity index (χ4n) is 2.21. The van der Waals surface area contributed by atoms with Gasteiger partial charge in [0.2, 0.25) is 0 Å². The van der Waals surface area contributed by atoms with Gasteiger partial charge in [0.15, 0.2) is 0 Å². The van der Waals surface area contributed by atoms with Crippen molar-refractivity contribution in [2.24, 2.45) is 0 Å². The molecule has 1 aliphatic rings. The third-order valence-electron chi connectivity index (χ3n) is 3.60. The number of rotatable bonds is 8. The third-order valence-corrected chi connectivity index (χ3v) is 3.60. The zero-order valence-electron chi connectivity index (χ0n) is 12.5. The molecule has 1 saturated carbocycles. The zero-order valence-corrected chi connectivity index (χ0v) is 12.5. The van der Waals surface area contributed by atoms with Crippen molar-refractivity contribution in [2.75, 3.05) is 0 Å². The lowest BCUT2D eigenvalue weighted by atomic mass is 10.3. The Labute approximate surface area is 125 Å². The summed E-state index contributed by atoms with van der Waals surface area (Å²) in [6, 6.07) is 4.72. The van der Waals surface area contributed by atoms with Crippen LogP contribution in [0.3, 0.4) is 0 Å². The second-order valence-electron chi connectivity index (χ2n) is 5.51. The van der Waals surface area contributed by atoms with Gasteiger partial charge in [0.1, 0.15) is 12.4 Å². The molecule has 0 unspecified atom stereocenters. The van der Waals surface area contributed by atoms with Crippen LogP contribution in [0, 0.1) is 0 Å². The quantitative estimate of drug-likeness (QED) is 0.810. The fraction of sp³-hybridized carbons (Fsp3) is 0.500. The van der Waals surface area contributed by atoms with Crippen LogP contribution in [0.1, 0.15) is 37.6 Å². The molecule has 5 heteroatoms. The molecular weight excluding hydrogens is 264 g/mol. The Hall–Kier alpha value is -1.88. The fourth-order valence-corrected chi connectivity index (χ4v) is 2.21. The molecule has 1 fully saturated rings. The maximum absolute atomic E-state index is 5.79. The van der Waals surface area contributed by atoms with E-state index in [1.807, 2.05) is 24.7 Å². The minimum absolute atomic E-state index is 0.529. The molecule has 0 spiro atoms. The largest absolute Gasteiger partial charge is 0.486 e. The molecule has 1 N–H and O–H groups in total. The van der Waals surface area contributed by atoms with Gasteiger partial charge in [-0.15, -0.1) is 0 Å². The number of hydrogen-bond donors (Lipinski definition) is 1. The number of nitrogens with one attached hydrogen (secondary N) is 1. The predicted octanol–water partition coefficient (Wildman–Crippen LogP) is 2.52. The van der Waals surface area contributed by atoms with Gasteiger partial charge >= 0.3 is 0 Å². The summed E-state index contributed by atoms with van der Waals surface area (Å²) < 4.78 is 7.91. The average molecular weight is 286 g/mol. The van der Waals surface area contributed by atoms with Crippen molar-refractivity contribution in [3.8, 4) is 5.75 Å². The Kier molecular flexibility index (Phi) is 4.50. The van der Waals surface area contributed by atoms with Crippen LogP contribution in [0.25, 0.3) is 0 Å². The van der Waals surface area contributed by atoms with Crippen LogP contribution in [0.15, 0.2) is 30.9 Å². The van der Waals surface area contributed by atoms with Gasteiger partial charge in [0, 0.05) is 19.1 Å². The number of imidazole rings is 1. The van der Waals surface area contributed by atoms with E-state index in [2.05, 4.69) is 26.8 Å². The van der Waals surface area contributed by atoms with Crippen molar-refractivity contribution in [1.82, 2.24) is 19.9 Å². The molecule has 0 atom stereocenters. The van der Waals surface area contributed by atoms with E-state index in [0.29, 0.717) is 12.6 Å². The SMILES string of the molecule is CCCn1cncc1COc1ccc(CNC2CC2)nc1. The molecule has 0 aromatic carbocycles. The first kappa shape index (κ1) is 14.1. The topological polar surface area (TPSA) is 52.0 Å². The second kappa shape index (κ2) is 6.72. The summed E-state index contributed by atoms with van der Waals surface area (Å²) in [4.78, 5) is 8.60. The monoisotopic (exact) mass is 286 g/mol. The number of pyridine rings is 1. The summed E-state index contributed by atoms with van der Waals surface area (Å²) in [5.74, 6) is 0.800. The summed E-state index contributed by atoms with van der Waals surface area (Å²) in [6.45, 7) is 4.50. The Bertz CT molecular complexity index is 560. The van der Waals surface area contributed by atoms with Gasteiger partial charge in [-0.2, -0.15) is 0 Å². The van der Waals surface area contributed by atoms with Gasteiger partial charge in [0.25, 0.3) is 0 Å². The lowest BCUT2D eigenvalue weighted by molar-refractivity contribution is 0.293. The normalized spacial score (nSPS) is 14.3. The van der Waals surface area contributed by atoms with Crippen molar-refractivity contribution in [1.29, 1.82) is 0 Å². The molecular formula is C16H22N4O. The molecule has 2 heterocycles. The molecule has 2 aromatic rings. The summed E-state index contributed by atoms with van der Waals surface area (Å²) in [6.07, 6.45) is 9.20. The summed E-state index contributed by atoms with van der Waals surface area (Å²) in [5.41, 5.74) is 2.15. The standard InChI is InChI=1S/C16H22N4O/c1-2-7-20-12-17-9-15(20)11-21-16-6-5-14(19-10-16)8-18-13-3-4-13/h5-6,9-10,12-13,18H,2-4,7-8,11H2,1H3. The predicted molar refractivity (Wildman–Crippen MR) is 80.9 cm³/mol. The Morgan fingerprint density at radius 1 is 1.33 bits per heavy atom. The summed E-state index contributed by atoms with van der Waals surface area (Å²) in [5, 5.41) is 3.45. The van der Waals surface area contributed by atoms with E-state index in [-0.39, 0.29) is 0 Å². The van der Waals surface area contributed by atoms with E-state index in [9.17, 15) is 0 Å². The first-order valence-corrected chi connectivity index (χ1v) is 7.65. The zero-order chi connectivity index (χ0) is 14.5. The number of nitrogens with zero attached hydrogens (tertiary/aromatic N) is 3. The number of hydrogen-bond acceptors (Lipinski definition) is 4. The van der Waals surface area contributed by atoms with Crippen LogP contribution in [0.5, 0.6) is 5.75 Å². The van der Waals surface area contributed by atoms with E-state index in [1.165, 1.54) is 12.8 Å². The van der Waals surface area contributed by atoms with Crippen LogP contribution in [-0.2, 0) is 19.7 Å². The molecule has 0 aliphatic heterocycles. The van der Waals surface area contributed by atoms with Crippen molar-refractivity contribution in [2.45, 2.75) is 51.9 Å². The lowest BCUT2D eigenvalue weighted by Crippen LogP contribution is -2.16. The molecule has 0 saturated heterocycles. The second-order valence-corrected chi connectivity index (χ2v) is 5.51. The molecule has 0 bridgehead atoms. The average Bonchev–Trinajstić information content (AvgIpc) is 3.24. The van der Waals surface area contributed by atoms with Crippen LogP contribution in [0.4, 0.5) is 0 Å². The molecule has 0 radical (unpaired) electrons. The molecule has 1 aliphatic carbocycles. The Morgan fingerprint density at radius 3 is 2.95 bits per heavy atom. The summed E-state index contributed by atoms with van der Waals surface area (Å²) in [7, 11) is 0. The molecule has 2 aromatic heterocycles. The van der Waals surface area contributed by atoms with E-state index in [1.54, 1.807) is 6.20 Å². The first-order valence-electron chi connectivity index (χ1n) is 7.65. The molecule has 21 heavy (non-hydrogen) atoms. The molecule has 3 rings (SSSR count). The Balaban J connectivity index is 1.51. The van der Waals surface area contributed by atoms with Crippen molar-refractivity contribution >= 4 is 0 Å². The van der Waals surface area contributed by atoms with Crippen molar-refractivity contribution in [3.05, 3.63) is 42.2 Å². The highest BCUT2D eigenvalue weighted by Gasteiger charge is 2.20. The van der Waals surface area contributed by atoms with E-state index >= 15 is 0 Å². The van der Waals surface area contributed by atoms with Crippen molar-refractivity contribution < 1.29 is 4.74 Å². The lowest BCUT2D eigenvalue weighted by Gasteiger charge is -2.09. The van der Waals surface area contributed by atoms with Crippen LogP contribution in [0.2, 0.25) is 0 Å². The van der Waals surface area contributed by atoms with E-state index in [0.717, 1.165) is 36.6 Å². The highest BCUT2D eigenvalue weighted by Crippen LogP contribution is 2.19. The van der Waals surface area contributed by atoms with Gasteiger partial charge in [-0.1, -0.05) is 6.92 Å². The molecule has 112 valence electrons. The molecule has 5 nitrogen and oxygen atoms in total. The van der Waals surface area contributed by atoms with Gasteiger partial charge in [-0.3, -0.25) is 4.98 Å². The summed E-state index contributed by atoms with van der Waals surface area (Å²) >= 11 is 0. The highest BCUT2D eigenvalue weighted by molar-refractivity contribution is 5.20. The smallest absolute Gasteiger partial charge is 0.138 e. The highest BCUT2D eigenvalue weighted by atomic mass is 16.5. The number of aromatic nitrogens is 3. The van der Waals surface area contributed by atoms with Crippen molar-refractivity contribution in [3.63, 3.8) is 0 Å². The minimum atomic E-state index is 0.529. The minimum Gasteiger partial charge on any atom is -0.486 e. The van der Waals surface area contributed by atoms with Crippen LogP contribution < -0.4 is 10.1 Å². The van der Waals surface area contributed by atoms with Crippen LogP contribution >= 0.6 is 0 Å². The molecule has 0 amide bonds.